The predicted molar refractivity (Wildman–Crippen MR) is 118 cm³/mol. The third-order valence-corrected chi connectivity index (χ3v) is 8.39. The van der Waals surface area contributed by atoms with E-state index in [1.54, 1.807) is 17.7 Å². The van der Waals surface area contributed by atoms with Gasteiger partial charge in [-0.2, -0.15) is 0 Å². The Hall–Kier alpha value is -2.45. The first kappa shape index (κ1) is 18.3. The second-order valence-corrected chi connectivity index (χ2v) is 10.3. The molecule has 4 heterocycles. The van der Waals surface area contributed by atoms with E-state index in [1.165, 1.54) is 22.2 Å². The molecule has 6 rings (SSSR count). The molecule has 0 bridgehead atoms. The third kappa shape index (κ3) is 3.01. The smallest absolute Gasteiger partial charge is 0.226 e. The second-order valence-electron chi connectivity index (χ2n) is 8.12. The van der Waals surface area contributed by atoms with E-state index in [0.717, 1.165) is 71.0 Å². The Morgan fingerprint density at radius 2 is 2.13 bits per heavy atom. The van der Waals surface area contributed by atoms with Gasteiger partial charge in [0.15, 0.2) is 5.12 Å². The lowest BCUT2D eigenvalue weighted by atomic mass is 9.86. The van der Waals surface area contributed by atoms with Crippen LogP contribution in [0.15, 0.2) is 29.4 Å². The lowest BCUT2D eigenvalue weighted by Gasteiger charge is -2.35. The van der Waals surface area contributed by atoms with Crippen molar-refractivity contribution in [1.82, 2.24) is 14.9 Å². The number of fused-ring (bicyclic) bond motifs is 4. The van der Waals surface area contributed by atoms with Crippen LogP contribution in [0.4, 0.5) is 11.5 Å². The summed E-state index contributed by atoms with van der Waals surface area (Å²) in [7, 11) is 0. The van der Waals surface area contributed by atoms with E-state index < -0.39 is 0 Å². The van der Waals surface area contributed by atoms with Gasteiger partial charge in [-0.05, 0) is 48.9 Å². The Morgan fingerprint density at radius 1 is 1.23 bits per heavy atom. The number of aromatic nitrogens is 2. The number of likely N-dealkylation sites (tertiary alicyclic amines) is 1. The fraction of sp³-hybridized carbons (Fsp3) is 0.364. The lowest BCUT2D eigenvalue weighted by molar-refractivity contribution is -0.139. The Kier molecular flexibility index (Phi) is 4.31. The molecule has 1 N–H and O–H groups in total. The monoisotopic (exact) mass is 436 g/mol. The van der Waals surface area contributed by atoms with Crippen molar-refractivity contribution in [1.29, 1.82) is 0 Å². The fourth-order valence-corrected chi connectivity index (χ4v) is 6.73. The van der Waals surface area contributed by atoms with Crippen LogP contribution >= 0.6 is 23.1 Å². The molecule has 8 heteroatoms. The van der Waals surface area contributed by atoms with Crippen LogP contribution in [0.25, 0.3) is 10.2 Å². The van der Waals surface area contributed by atoms with E-state index in [4.69, 9.17) is 0 Å². The maximum atomic E-state index is 12.7. The van der Waals surface area contributed by atoms with E-state index in [0.29, 0.717) is 12.3 Å². The fourth-order valence-electron chi connectivity index (χ4n) is 4.53. The van der Waals surface area contributed by atoms with Crippen molar-refractivity contribution in [3.63, 3.8) is 0 Å². The van der Waals surface area contributed by atoms with Gasteiger partial charge in [0.05, 0.1) is 5.39 Å². The number of thiophene rings is 1. The van der Waals surface area contributed by atoms with E-state index in [1.807, 2.05) is 23.1 Å². The minimum Gasteiger partial charge on any atom is -0.342 e. The van der Waals surface area contributed by atoms with Crippen LogP contribution in [-0.4, -0.2) is 39.0 Å². The molecule has 1 aliphatic carbocycles. The van der Waals surface area contributed by atoms with Crippen molar-refractivity contribution < 1.29 is 9.59 Å². The highest BCUT2D eigenvalue weighted by Crippen LogP contribution is 2.41. The topological polar surface area (TPSA) is 75.2 Å². The SMILES string of the molecule is O=C1Cc2ccc(Nc3ncnc4sc5c(c34)CCC(C(=O)N3CCC3)C5)cc2S1. The van der Waals surface area contributed by atoms with E-state index in [2.05, 4.69) is 15.3 Å². The molecule has 6 nitrogen and oxygen atoms in total. The number of rotatable bonds is 3. The normalized spacial score (nSPS) is 20.1. The van der Waals surface area contributed by atoms with Crippen molar-refractivity contribution in [2.75, 3.05) is 18.4 Å². The van der Waals surface area contributed by atoms with Crippen LogP contribution in [-0.2, 0) is 28.9 Å². The Bertz CT molecular complexity index is 1200. The third-order valence-electron chi connectivity index (χ3n) is 6.25. The van der Waals surface area contributed by atoms with Gasteiger partial charge in [0.1, 0.15) is 17.0 Å². The summed E-state index contributed by atoms with van der Waals surface area (Å²) in [5, 5.41) is 4.73. The number of hydrogen-bond donors (Lipinski definition) is 1. The highest BCUT2D eigenvalue weighted by atomic mass is 32.2. The molecule has 0 spiro atoms. The number of carbonyl (C=O) groups excluding carboxylic acids is 2. The molecule has 3 aliphatic rings. The summed E-state index contributed by atoms with van der Waals surface area (Å²) in [4.78, 5) is 38.7. The lowest BCUT2D eigenvalue weighted by Crippen LogP contribution is -2.46. The average Bonchev–Trinajstić information content (AvgIpc) is 3.25. The summed E-state index contributed by atoms with van der Waals surface area (Å²) < 4.78 is 0. The van der Waals surface area contributed by atoms with E-state index in [9.17, 15) is 9.59 Å². The average molecular weight is 437 g/mol. The molecule has 1 atom stereocenters. The first-order chi connectivity index (χ1) is 14.7. The van der Waals surface area contributed by atoms with Gasteiger partial charge in [-0.3, -0.25) is 9.59 Å². The number of benzene rings is 1. The van der Waals surface area contributed by atoms with Gasteiger partial charge < -0.3 is 10.2 Å². The Labute approximate surface area is 182 Å². The maximum absolute atomic E-state index is 12.7. The number of amides is 1. The molecule has 1 saturated heterocycles. The van der Waals surface area contributed by atoms with Gasteiger partial charge in [0.2, 0.25) is 5.91 Å². The minimum absolute atomic E-state index is 0.0986. The minimum atomic E-state index is 0.0986. The molecular weight excluding hydrogens is 416 g/mol. The van der Waals surface area contributed by atoms with Gasteiger partial charge in [-0.25, -0.2) is 9.97 Å². The summed E-state index contributed by atoms with van der Waals surface area (Å²) in [6.45, 7) is 1.83. The number of anilines is 2. The van der Waals surface area contributed by atoms with Crippen LogP contribution in [0, 0.1) is 5.92 Å². The molecule has 2 aliphatic heterocycles. The van der Waals surface area contributed by atoms with Gasteiger partial charge in [-0.1, -0.05) is 17.8 Å². The summed E-state index contributed by atoms with van der Waals surface area (Å²) in [6.07, 6.45) is 5.82. The number of hydrogen-bond acceptors (Lipinski definition) is 7. The van der Waals surface area contributed by atoms with Crippen LogP contribution < -0.4 is 5.32 Å². The number of nitrogens with zero attached hydrogens (tertiary/aromatic N) is 3. The molecule has 0 saturated carbocycles. The number of aryl methyl sites for hydroxylation is 1. The quantitative estimate of drug-likeness (QED) is 0.670. The predicted octanol–water partition coefficient (Wildman–Crippen LogP) is 3.95. The number of carbonyl (C=O) groups is 2. The molecule has 1 aromatic carbocycles. The zero-order valence-electron chi connectivity index (χ0n) is 16.3. The molecule has 0 radical (unpaired) electrons. The van der Waals surface area contributed by atoms with E-state index >= 15 is 0 Å². The van der Waals surface area contributed by atoms with Crippen LogP contribution in [0.1, 0.15) is 28.8 Å². The second kappa shape index (κ2) is 7.06. The van der Waals surface area contributed by atoms with Crippen molar-refractivity contribution in [3.05, 3.63) is 40.5 Å². The highest BCUT2D eigenvalue weighted by Gasteiger charge is 2.33. The molecule has 2 aromatic heterocycles. The standard InChI is InChI=1S/C22H20N4O2S2/c27-18-9-12-2-4-14(10-16(12)29-18)25-20-19-15-5-3-13(22(28)26-6-1-7-26)8-17(15)30-21(19)24-11-23-20/h2,4,10-11,13H,1,3,5-9H2,(H,23,24,25). The first-order valence-electron chi connectivity index (χ1n) is 10.3. The Morgan fingerprint density at radius 3 is 2.97 bits per heavy atom. The largest absolute Gasteiger partial charge is 0.342 e. The van der Waals surface area contributed by atoms with Crippen LogP contribution in [0.3, 0.4) is 0 Å². The molecular formula is C22H20N4O2S2. The molecule has 152 valence electrons. The summed E-state index contributed by atoms with van der Waals surface area (Å²) in [6, 6.07) is 6.05. The Balaban J connectivity index is 1.31. The summed E-state index contributed by atoms with van der Waals surface area (Å²) >= 11 is 3.00. The van der Waals surface area contributed by atoms with Crippen LogP contribution in [0.2, 0.25) is 0 Å². The number of nitrogens with one attached hydrogen (secondary N) is 1. The number of thioether (sulfide) groups is 1. The van der Waals surface area contributed by atoms with Crippen molar-refractivity contribution in [3.8, 4) is 0 Å². The summed E-state index contributed by atoms with van der Waals surface area (Å²) in [5.74, 6) is 1.22. The molecule has 1 fully saturated rings. The van der Waals surface area contributed by atoms with Gasteiger partial charge in [0, 0.05) is 40.9 Å². The highest BCUT2D eigenvalue weighted by molar-refractivity contribution is 8.14. The molecule has 30 heavy (non-hydrogen) atoms. The van der Waals surface area contributed by atoms with E-state index in [-0.39, 0.29) is 11.0 Å². The molecule has 1 unspecified atom stereocenters. The van der Waals surface area contributed by atoms with Crippen molar-refractivity contribution >= 4 is 55.8 Å². The van der Waals surface area contributed by atoms with Crippen molar-refractivity contribution in [2.24, 2.45) is 5.92 Å². The van der Waals surface area contributed by atoms with Gasteiger partial charge in [-0.15, -0.1) is 11.3 Å². The van der Waals surface area contributed by atoms with Gasteiger partial charge in [0.25, 0.3) is 0 Å². The van der Waals surface area contributed by atoms with Crippen molar-refractivity contribution in [2.45, 2.75) is 37.0 Å². The first-order valence-corrected chi connectivity index (χ1v) is 11.9. The molecule has 3 aromatic rings. The zero-order chi connectivity index (χ0) is 20.2. The molecule has 1 amide bonds. The van der Waals surface area contributed by atoms with Crippen LogP contribution in [0.5, 0.6) is 0 Å². The maximum Gasteiger partial charge on any atom is 0.226 e. The zero-order valence-corrected chi connectivity index (χ0v) is 17.9. The summed E-state index contributed by atoms with van der Waals surface area (Å²) in [5.41, 5.74) is 3.31. The van der Waals surface area contributed by atoms with Gasteiger partial charge >= 0.3 is 0 Å².